The van der Waals surface area contributed by atoms with Crippen LogP contribution in [0.4, 0.5) is 0 Å². The van der Waals surface area contributed by atoms with E-state index in [0.29, 0.717) is 18.6 Å². The molecular formula is C19H23NO. The normalized spacial score (nSPS) is 18.4. The lowest BCUT2D eigenvalue weighted by molar-refractivity contribution is 0.301. The van der Waals surface area contributed by atoms with E-state index in [-0.39, 0.29) is 6.04 Å². The largest absolute Gasteiger partial charge is 0.491 e. The van der Waals surface area contributed by atoms with Crippen LogP contribution in [0.2, 0.25) is 0 Å². The van der Waals surface area contributed by atoms with Crippen molar-refractivity contribution < 1.29 is 4.74 Å². The van der Waals surface area contributed by atoms with E-state index in [9.17, 15) is 0 Å². The van der Waals surface area contributed by atoms with E-state index in [1.807, 2.05) is 12.1 Å². The predicted octanol–water partition coefficient (Wildman–Crippen LogP) is 4.59. The highest BCUT2D eigenvalue weighted by Gasteiger charge is 2.24. The third-order valence-electron chi connectivity index (χ3n) is 4.25. The number of ether oxygens (including phenoxy) is 1. The first kappa shape index (κ1) is 14.2. The van der Waals surface area contributed by atoms with Crippen molar-refractivity contribution in [1.82, 2.24) is 5.32 Å². The Morgan fingerprint density at radius 2 is 1.62 bits per heavy atom. The molecule has 0 fully saturated rings. The lowest BCUT2D eigenvalue weighted by Gasteiger charge is -2.19. The monoisotopic (exact) mass is 281 g/mol. The van der Waals surface area contributed by atoms with Crippen LogP contribution in [-0.4, -0.2) is 6.61 Å². The Bertz CT molecular complexity index is 603. The Morgan fingerprint density at radius 1 is 0.952 bits per heavy atom. The van der Waals surface area contributed by atoms with Crippen molar-refractivity contribution in [3.05, 3.63) is 65.2 Å². The van der Waals surface area contributed by atoms with Crippen LogP contribution in [0.5, 0.6) is 5.75 Å². The molecule has 0 amide bonds. The summed E-state index contributed by atoms with van der Waals surface area (Å²) in [6.45, 7) is 7.38. The molecule has 2 aromatic rings. The number of nitrogens with one attached hydrogen (secondary N) is 1. The minimum atomic E-state index is 0.279. The first-order valence-corrected chi connectivity index (χ1v) is 7.73. The zero-order valence-electron chi connectivity index (χ0n) is 13.0. The maximum atomic E-state index is 5.74. The summed E-state index contributed by atoms with van der Waals surface area (Å²) >= 11 is 0. The van der Waals surface area contributed by atoms with Crippen LogP contribution in [0, 0.1) is 0 Å². The molecule has 0 saturated carbocycles. The molecule has 1 heterocycles. The molecule has 0 bridgehead atoms. The van der Waals surface area contributed by atoms with Gasteiger partial charge in [0, 0.05) is 11.6 Å². The number of benzene rings is 2. The summed E-state index contributed by atoms with van der Waals surface area (Å²) in [5.74, 6) is 1.59. The fourth-order valence-electron chi connectivity index (χ4n) is 2.87. The van der Waals surface area contributed by atoms with Gasteiger partial charge in [-0.15, -0.1) is 0 Å². The third kappa shape index (κ3) is 2.96. The topological polar surface area (TPSA) is 21.3 Å². The fourth-order valence-corrected chi connectivity index (χ4v) is 2.87. The maximum absolute atomic E-state index is 5.74. The summed E-state index contributed by atoms with van der Waals surface area (Å²) < 4.78 is 5.74. The van der Waals surface area contributed by atoms with Gasteiger partial charge in [-0.2, -0.15) is 0 Å². The first-order valence-electron chi connectivity index (χ1n) is 7.73. The van der Waals surface area contributed by atoms with Crippen molar-refractivity contribution in [1.29, 1.82) is 0 Å². The predicted molar refractivity (Wildman–Crippen MR) is 86.8 cm³/mol. The maximum Gasteiger partial charge on any atom is 0.124 e. The molecule has 1 N–H and O–H groups in total. The second kappa shape index (κ2) is 5.90. The minimum Gasteiger partial charge on any atom is -0.491 e. The van der Waals surface area contributed by atoms with E-state index >= 15 is 0 Å². The summed E-state index contributed by atoms with van der Waals surface area (Å²) in [7, 11) is 0. The van der Waals surface area contributed by atoms with E-state index < -0.39 is 0 Å². The SMILES string of the molecule is CC(C)c1ccc(C(C)NC2COc3ccccc32)cc1. The molecule has 2 nitrogen and oxygen atoms in total. The van der Waals surface area contributed by atoms with Crippen LogP contribution < -0.4 is 10.1 Å². The number of hydrogen-bond donors (Lipinski definition) is 1. The van der Waals surface area contributed by atoms with Crippen molar-refractivity contribution in [2.45, 2.75) is 38.8 Å². The lowest BCUT2D eigenvalue weighted by Crippen LogP contribution is -2.25. The van der Waals surface area contributed by atoms with Gasteiger partial charge in [0.05, 0.1) is 6.04 Å². The van der Waals surface area contributed by atoms with Gasteiger partial charge >= 0.3 is 0 Å². The van der Waals surface area contributed by atoms with Crippen LogP contribution >= 0.6 is 0 Å². The van der Waals surface area contributed by atoms with E-state index in [1.54, 1.807) is 0 Å². The summed E-state index contributed by atoms with van der Waals surface area (Å²) in [6, 6.07) is 17.8. The van der Waals surface area contributed by atoms with Crippen LogP contribution in [0.15, 0.2) is 48.5 Å². The summed E-state index contributed by atoms with van der Waals surface area (Å²) in [5, 5.41) is 3.67. The average Bonchev–Trinajstić information content (AvgIpc) is 2.91. The molecule has 3 rings (SSSR count). The first-order chi connectivity index (χ1) is 10.1. The molecule has 0 spiro atoms. The number of hydrogen-bond acceptors (Lipinski definition) is 2. The second-order valence-corrected chi connectivity index (χ2v) is 6.11. The smallest absolute Gasteiger partial charge is 0.124 e. The van der Waals surface area contributed by atoms with E-state index in [0.717, 1.165) is 5.75 Å². The summed E-state index contributed by atoms with van der Waals surface area (Å²) in [4.78, 5) is 0. The van der Waals surface area contributed by atoms with Crippen molar-refractivity contribution in [3.8, 4) is 5.75 Å². The minimum absolute atomic E-state index is 0.279. The number of para-hydroxylation sites is 1. The molecule has 2 unspecified atom stereocenters. The van der Waals surface area contributed by atoms with Gasteiger partial charge in [0.15, 0.2) is 0 Å². The Hall–Kier alpha value is -1.80. The van der Waals surface area contributed by atoms with Crippen molar-refractivity contribution in [3.63, 3.8) is 0 Å². The molecule has 2 atom stereocenters. The Kier molecular flexibility index (Phi) is 3.98. The number of rotatable bonds is 4. The highest BCUT2D eigenvalue weighted by atomic mass is 16.5. The van der Waals surface area contributed by atoms with Gasteiger partial charge in [0.25, 0.3) is 0 Å². The molecule has 0 aliphatic carbocycles. The van der Waals surface area contributed by atoms with E-state index in [2.05, 4.69) is 62.5 Å². The zero-order chi connectivity index (χ0) is 14.8. The molecule has 1 aliphatic heterocycles. The Morgan fingerprint density at radius 3 is 2.33 bits per heavy atom. The van der Waals surface area contributed by atoms with E-state index in [4.69, 9.17) is 4.74 Å². The van der Waals surface area contributed by atoms with Crippen molar-refractivity contribution in [2.75, 3.05) is 6.61 Å². The second-order valence-electron chi connectivity index (χ2n) is 6.11. The summed E-state index contributed by atoms with van der Waals surface area (Å²) in [6.07, 6.45) is 0. The van der Waals surface area contributed by atoms with Crippen molar-refractivity contribution >= 4 is 0 Å². The highest BCUT2D eigenvalue weighted by molar-refractivity contribution is 5.39. The van der Waals surface area contributed by atoms with Gasteiger partial charge in [-0.25, -0.2) is 0 Å². The molecule has 0 radical (unpaired) electrons. The molecule has 0 saturated heterocycles. The van der Waals surface area contributed by atoms with Gasteiger partial charge in [-0.05, 0) is 30.0 Å². The standard InChI is InChI=1S/C19H23NO/c1-13(2)15-8-10-16(11-9-15)14(3)20-18-12-21-19-7-5-4-6-17(18)19/h4-11,13-14,18,20H,12H2,1-3H3. The highest BCUT2D eigenvalue weighted by Crippen LogP contribution is 2.33. The lowest BCUT2D eigenvalue weighted by atomic mass is 9.99. The van der Waals surface area contributed by atoms with Crippen molar-refractivity contribution in [2.24, 2.45) is 0 Å². The molecule has 110 valence electrons. The molecule has 1 aliphatic rings. The summed E-state index contributed by atoms with van der Waals surface area (Å²) in [5.41, 5.74) is 3.98. The van der Waals surface area contributed by atoms with Gasteiger partial charge in [0.1, 0.15) is 12.4 Å². The van der Waals surface area contributed by atoms with Crippen LogP contribution in [0.1, 0.15) is 55.5 Å². The molecule has 0 aromatic heterocycles. The van der Waals surface area contributed by atoms with Gasteiger partial charge in [-0.3, -0.25) is 0 Å². The van der Waals surface area contributed by atoms with Crippen LogP contribution in [-0.2, 0) is 0 Å². The van der Waals surface area contributed by atoms with Gasteiger partial charge in [0.2, 0.25) is 0 Å². The average molecular weight is 281 g/mol. The third-order valence-corrected chi connectivity index (χ3v) is 4.25. The van der Waals surface area contributed by atoms with Crippen LogP contribution in [0.3, 0.4) is 0 Å². The Balaban J connectivity index is 1.71. The van der Waals surface area contributed by atoms with Gasteiger partial charge in [-0.1, -0.05) is 56.3 Å². The van der Waals surface area contributed by atoms with Crippen LogP contribution in [0.25, 0.3) is 0 Å². The fraction of sp³-hybridized carbons (Fsp3) is 0.368. The molecule has 21 heavy (non-hydrogen) atoms. The van der Waals surface area contributed by atoms with Gasteiger partial charge < -0.3 is 10.1 Å². The molecule has 2 aromatic carbocycles. The van der Waals surface area contributed by atoms with E-state index in [1.165, 1.54) is 16.7 Å². The zero-order valence-corrected chi connectivity index (χ0v) is 13.0. The number of fused-ring (bicyclic) bond motifs is 1. The molecular weight excluding hydrogens is 258 g/mol. The Labute approximate surface area is 127 Å². The molecule has 2 heteroatoms. The quantitative estimate of drug-likeness (QED) is 0.884.